The number of anilines is 2. The molecule has 1 heterocycles. The van der Waals surface area contributed by atoms with Crippen LogP contribution in [-0.4, -0.2) is 26.4 Å². The Balaban J connectivity index is 1.61. The molecule has 0 aliphatic heterocycles. The van der Waals surface area contributed by atoms with Gasteiger partial charge >= 0.3 is 5.97 Å². The van der Waals surface area contributed by atoms with Crippen LogP contribution in [0, 0.1) is 17.5 Å². The lowest BCUT2D eigenvalue weighted by Crippen LogP contribution is -2.30. The van der Waals surface area contributed by atoms with Gasteiger partial charge in [-0.15, -0.1) is 11.3 Å². The lowest BCUT2D eigenvalue weighted by atomic mass is 10.2. The van der Waals surface area contributed by atoms with Crippen LogP contribution >= 0.6 is 11.3 Å². The van der Waals surface area contributed by atoms with E-state index < -0.39 is 51.1 Å². The van der Waals surface area contributed by atoms with Gasteiger partial charge in [0.25, 0.3) is 15.9 Å². The molecule has 0 saturated carbocycles. The molecule has 168 valence electrons. The van der Waals surface area contributed by atoms with E-state index in [1.807, 2.05) is 5.32 Å². The van der Waals surface area contributed by atoms with Crippen molar-refractivity contribution >= 4 is 44.6 Å². The zero-order valence-corrected chi connectivity index (χ0v) is 17.9. The number of halogens is 3. The maximum atomic E-state index is 13.7. The summed E-state index contributed by atoms with van der Waals surface area (Å²) >= 11 is 1.04. The Morgan fingerprint density at radius 1 is 1.00 bits per heavy atom. The van der Waals surface area contributed by atoms with Crippen molar-refractivity contribution in [3.63, 3.8) is 0 Å². The Kier molecular flexibility index (Phi) is 6.84. The number of amides is 1. The SMILES string of the molecule is CC(OC(=O)c1ccc(NS(=O)(=O)c2cccs2)cc1)C(=O)Nc1ccc(F)c(F)c1F. The first kappa shape index (κ1) is 23.3. The Hall–Kier alpha value is -3.38. The van der Waals surface area contributed by atoms with Crippen LogP contribution < -0.4 is 10.0 Å². The zero-order valence-electron chi connectivity index (χ0n) is 16.3. The number of sulfonamides is 1. The van der Waals surface area contributed by atoms with Gasteiger partial charge in [-0.1, -0.05) is 6.07 Å². The topological polar surface area (TPSA) is 102 Å². The Morgan fingerprint density at radius 2 is 1.69 bits per heavy atom. The van der Waals surface area contributed by atoms with Crippen LogP contribution in [0.2, 0.25) is 0 Å². The average molecular weight is 484 g/mol. The fourth-order valence-corrected chi connectivity index (χ4v) is 4.49. The molecule has 0 spiro atoms. The van der Waals surface area contributed by atoms with Crippen LogP contribution in [0.15, 0.2) is 58.1 Å². The summed E-state index contributed by atoms with van der Waals surface area (Å²) in [6, 6.07) is 9.75. The number of rotatable bonds is 7. The zero-order chi connectivity index (χ0) is 23.5. The van der Waals surface area contributed by atoms with E-state index in [-0.39, 0.29) is 15.5 Å². The molecule has 3 rings (SSSR count). The van der Waals surface area contributed by atoms with Crippen molar-refractivity contribution in [1.82, 2.24) is 0 Å². The Labute approximate surface area is 184 Å². The molecule has 12 heteroatoms. The molecule has 3 aromatic rings. The highest BCUT2D eigenvalue weighted by Crippen LogP contribution is 2.22. The smallest absolute Gasteiger partial charge is 0.338 e. The minimum Gasteiger partial charge on any atom is -0.449 e. The molecule has 0 bridgehead atoms. The maximum absolute atomic E-state index is 13.7. The molecule has 1 unspecified atom stereocenters. The summed E-state index contributed by atoms with van der Waals surface area (Å²) in [7, 11) is -3.75. The third-order valence-electron chi connectivity index (χ3n) is 4.08. The largest absolute Gasteiger partial charge is 0.449 e. The number of nitrogens with one attached hydrogen (secondary N) is 2. The van der Waals surface area contributed by atoms with Gasteiger partial charge in [0.05, 0.1) is 11.3 Å². The molecule has 1 amide bonds. The van der Waals surface area contributed by atoms with Gasteiger partial charge < -0.3 is 10.1 Å². The quantitative estimate of drug-likeness (QED) is 0.388. The first-order valence-corrected chi connectivity index (χ1v) is 11.3. The molecule has 1 atom stereocenters. The molecular formula is C20H15F3N2O5S2. The summed E-state index contributed by atoms with van der Waals surface area (Å²) in [6.45, 7) is 1.20. The highest BCUT2D eigenvalue weighted by atomic mass is 32.2. The second-order valence-corrected chi connectivity index (χ2v) is 9.23. The Morgan fingerprint density at radius 3 is 2.31 bits per heavy atom. The third kappa shape index (κ3) is 5.26. The molecule has 7 nitrogen and oxygen atoms in total. The molecule has 2 aromatic carbocycles. The monoisotopic (exact) mass is 484 g/mol. The summed E-state index contributed by atoms with van der Waals surface area (Å²) in [5, 5.41) is 3.63. The van der Waals surface area contributed by atoms with Crippen LogP contribution in [0.1, 0.15) is 17.3 Å². The molecule has 0 aliphatic rings. The number of carbonyl (C=O) groups is 2. The minimum atomic E-state index is -3.75. The third-order valence-corrected chi connectivity index (χ3v) is 6.86. The van der Waals surface area contributed by atoms with E-state index >= 15 is 0 Å². The highest BCUT2D eigenvalue weighted by Gasteiger charge is 2.22. The van der Waals surface area contributed by atoms with Crippen molar-refractivity contribution in [3.05, 3.63) is 76.9 Å². The summed E-state index contributed by atoms with van der Waals surface area (Å²) in [4.78, 5) is 24.3. The standard InChI is InChI=1S/C20H15F3N2O5S2/c1-11(19(26)24-15-9-8-14(21)17(22)18(15)23)30-20(27)12-4-6-13(7-5-12)25-32(28,29)16-3-2-10-31-16/h2-11,25H,1H3,(H,24,26). The summed E-state index contributed by atoms with van der Waals surface area (Å²) in [6.07, 6.45) is -1.40. The van der Waals surface area contributed by atoms with E-state index in [0.717, 1.165) is 17.4 Å². The number of benzene rings is 2. The number of thiophene rings is 1. The number of ether oxygens (including phenoxy) is 1. The van der Waals surface area contributed by atoms with Crippen molar-refractivity contribution in [2.45, 2.75) is 17.2 Å². The summed E-state index contributed by atoms with van der Waals surface area (Å²) < 4.78 is 71.8. The van der Waals surface area contributed by atoms with Crippen molar-refractivity contribution in [2.75, 3.05) is 10.0 Å². The predicted molar refractivity (Wildman–Crippen MR) is 111 cm³/mol. The first-order valence-electron chi connectivity index (χ1n) is 8.90. The highest BCUT2D eigenvalue weighted by molar-refractivity contribution is 7.94. The molecule has 0 fully saturated rings. The second-order valence-electron chi connectivity index (χ2n) is 6.37. The van der Waals surface area contributed by atoms with Gasteiger partial charge in [-0.3, -0.25) is 9.52 Å². The first-order chi connectivity index (χ1) is 15.1. The van der Waals surface area contributed by atoms with Gasteiger partial charge in [-0.2, -0.15) is 0 Å². The van der Waals surface area contributed by atoms with E-state index in [2.05, 4.69) is 4.72 Å². The lowest BCUT2D eigenvalue weighted by molar-refractivity contribution is -0.123. The molecule has 0 radical (unpaired) electrons. The van der Waals surface area contributed by atoms with E-state index in [1.165, 1.54) is 37.3 Å². The van der Waals surface area contributed by atoms with Gasteiger partial charge in [-0.05, 0) is 54.8 Å². The second kappa shape index (κ2) is 9.40. The predicted octanol–water partition coefficient (Wildman–Crippen LogP) is 4.15. The van der Waals surface area contributed by atoms with E-state index in [4.69, 9.17) is 4.74 Å². The van der Waals surface area contributed by atoms with Crippen LogP contribution in [0.3, 0.4) is 0 Å². The minimum absolute atomic E-state index is 0.0164. The lowest BCUT2D eigenvalue weighted by Gasteiger charge is -2.14. The van der Waals surface area contributed by atoms with Crippen LogP contribution in [0.25, 0.3) is 0 Å². The van der Waals surface area contributed by atoms with Crippen LogP contribution in [-0.2, 0) is 19.6 Å². The van der Waals surface area contributed by atoms with Gasteiger partial charge in [0.2, 0.25) is 0 Å². The fourth-order valence-electron chi connectivity index (χ4n) is 2.44. The molecule has 1 aromatic heterocycles. The number of esters is 1. The van der Waals surface area contributed by atoms with Crippen molar-refractivity contribution in [3.8, 4) is 0 Å². The molecular weight excluding hydrogens is 469 g/mol. The molecule has 2 N–H and O–H groups in total. The van der Waals surface area contributed by atoms with E-state index in [0.29, 0.717) is 6.07 Å². The number of hydrogen-bond acceptors (Lipinski definition) is 6. The van der Waals surface area contributed by atoms with Crippen LogP contribution in [0.4, 0.5) is 24.5 Å². The summed E-state index contributed by atoms with van der Waals surface area (Å²) in [5.41, 5.74) is -0.392. The van der Waals surface area contributed by atoms with Crippen molar-refractivity contribution < 1.29 is 35.9 Å². The van der Waals surface area contributed by atoms with Gasteiger partial charge in [0.15, 0.2) is 23.6 Å². The van der Waals surface area contributed by atoms with E-state index in [1.54, 1.807) is 11.4 Å². The van der Waals surface area contributed by atoms with Crippen LogP contribution in [0.5, 0.6) is 0 Å². The Bertz CT molecular complexity index is 1250. The molecule has 32 heavy (non-hydrogen) atoms. The van der Waals surface area contributed by atoms with Crippen molar-refractivity contribution in [1.29, 1.82) is 0 Å². The van der Waals surface area contributed by atoms with Gasteiger partial charge in [0, 0.05) is 5.69 Å². The van der Waals surface area contributed by atoms with E-state index in [9.17, 15) is 31.2 Å². The normalized spacial score (nSPS) is 12.1. The fraction of sp³-hybridized carbons (Fsp3) is 0.100. The number of hydrogen-bond donors (Lipinski definition) is 2. The van der Waals surface area contributed by atoms with Gasteiger partial charge in [-0.25, -0.2) is 26.4 Å². The average Bonchev–Trinajstić information content (AvgIpc) is 3.30. The van der Waals surface area contributed by atoms with Crippen molar-refractivity contribution in [2.24, 2.45) is 0 Å². The molecule has 0 aliphatic carbocycles. The number of carbonyl (C=O) groups excluding carboxylic acids is 2. The maximum Gasteiger partial charge on any atom is 0.338 e. The summed E-state index contributed by atoms with van der Waals surface area (Å²) in [5.74, 6) is -6.63. The molecule has 0 saturated heterocycles. The van der Waals surface area contributed by atoms with Gasteiger partial charge in [0.1, 0.15) is 4.21 Å².